The van der Waals surface area contributed by atoms with E-state index in [-0.39, 0.29) is 0 Å². The standard InChI is InChI=1S/C19H17NO2/c21-19(16-10-5-2-6-11-16)17-12-7-13-18(20-17)22-14-15-8-3-1-4-9-15/h1-13,19,21H,14H2/t19-/m0/s1. The van der Waals surface area contributed by atoms with Crippen molar-refractivity contribution in [2.75, 3.05) is 0 Å². The SMILES string of the molecule is O[C@@H](c1ccccc1)c1cccc(OCc2ccccc2)n1. The van der Waals surface area contributed by atoms with Crippen molar-refractivity contribution in [3.05, 3.63) is 95.7 Å². The van der Waals surface area contributed by atoms with Gasteiger partial charge in [-0.2, -0.15) is 0 Å². The zero-order valence-electron chi connectivity index (χ0n) is 12.1. The fourth-order valence-electron chi connectivity index (χ4n) is 2.20. The van der Waals surface area contributed by atoms with E-state index in [0.717, 1.165) is 11.1 Å². The lowest BCUT2D eigenvalue weighted by molar-refractivity contribution is 0.212. The van der Waals surface area contributed by atoms with E-state index in [4.69, 9.17) is 4.74 Å². The van der Waals surface area contributed by atoms with Gasteiger partial charge in [0.05, 0.1) is 5.69 Å². The largest absolute Gasteiger partial charge is 0.473 e. The lowest BCUT2D eigenvalue weighted by atomic mass is 10.1. The summed E-state index contributed by atoms with van der Waals surface area (Å²) in [4.78, 5) is 4.39. The van der Waals surface area contributed by atoms with Crippen molar-refractivity contribution in [3.63, 3.8) is 0 Å². The molecule has 0 fully saturated rings. The Kier molecular flexibility index (Phi) is 4.47. The van der Waals surface area contributed by atoms with Crippen LogP contribution in [-0.2, 0) is 6.61 Å². The first-order valence-corrected chi connectivity index (χ1v) is 7.19. The fraction of sp³-hybridized carbons (Fsp3) is 0.105. The smallest absolute Gasteiger partial charge is 0.213 e. The van der Waals surface area contributed by atoms with Gasteiger partial charge in [-0.15, -0.1) is 0 Å². The molecule has 2 aromatic carbocycles. The molecule has 3 rings (SSSR count). The molecule has 1 heterocycles. The highest BCUT2D eigenvalue weighted by atomic mass is 16.5. The second-order valence-electron chi connectivity index (χ2n) is 4.99. The summed E-state index contributed by atoms with van der Waals surface area (Å²) < 4.78 is 5.70. The van der Waals surface area contributed by atoms with Crippen molar-refractivity contribution in [1.29, 1.82) is 0 Å². The van der Waals surface area contributed by atoms with Gasteiger partial charge in [0.2, 0.25) is 5.88 Å². The summed E-state index contributed by atoms with van der Waals surface area (Å²) in [6.45, 7) is 0.457. The van der Waals surface area contributed by atoms with Crippen molar-refractivity contribution >= 4 is 0 Å². The van der Waals surface area contributed by atoms with Crippen molar-refractivity contribution in [3.8, 4) is 5.88 Å². The molecule has 22 heavy (non-hydrogen) atoms. The Morgan fingerprint density at radius 2 is 1.50 bits per heavy atom. The summed E-state index contributed by atoms with van der Waals surface area (Å²) in [5, 5.41) is 10.4. The molecule has 0 amide bonds. The van der Waals surface area contributed by atoms with Crippen LogP contribution in [0.2, 0.25) is 0 Å². The van der Waals surface area contributed by atoms with Crippen LogP contribution >= 0.6 is 0 Å². The van der Waals surface area contributed by atoms with Crippen LogP contribution in [0.3, 0.4) is 0 Å². The van der Waals surface area contributed by atoms with E-state index in [0.29, 0.717) is 18.2 Å². The zero-order valence-corrected chi connectivity index (χ0v) is 12.1. The van der Waals surface area contributed by atoms with Gasteiger partial charge in [0.1, 0.15) is 12.7 Å². The molecule has 0 aliphatic heterocycles. The maximum atomic E-state index is 10.4. The highest BCUT2D eigenvalue weighted by Gasteiger charge is 2.12. The molecule has 3 heteroatoms. The minimum Gasteiger partial charge on any atom is -0.473 e. The normalized spacial score (nSPS) is 11.9. The summed E-state index contributed by atoms with van der Waals surface area (Å²) in [5.74, 6) is 0.510. The number of pyridine rings is 1. The van der Waals surface area contributed by atoms with Gasteiger partial charge < -0.3 is 9.84 Å². The van der Waals surface area contributed by atoms with Gasteiger partial charge in [-0.25, -0.2) is 4.98 Å². The minimum atomic E-state index is -0.749. The molecular formula is C19H17NO2. The number of rotatable bonds is 5. The third-order valence-electron chi connectivity index (χ3n) is 3.37. The topological polar surface area (TPSA) is 42.4 Å². The Bertz CT molecular complexity index is 714. The summed E-state index contributed by atoms with van der Waals surface area (Å²) in [5.41, 5.74) is 2.48. The Labute approximate surface area is 129 Å². The lowest BCUT2D eigenvalue weighted by Crippen LogP contribution is -2.04. The van der Waals surface area contributed by atoms with Gasteiger partial charge in [-0.05, 0) is 17.2 Å². The van der Waals surface area contributed by atoms with Crippen LogP contribution in [0.5, 0.6) is 5.88 Å². The maximum absolute atomic E-state index is 10.4. The van der Waals surface area contributed by atoms with Crippen LogP contribution in [0.1, 0.15) is 22.9 Å². The van der Waals surface area contributed by atoms with Gasteiger partial charge >= 0.3 is 0 Å². The van der Waals surface area contributed by atoms with Crippen LogP contribution in [0.4, 0.5) is 0 Å². The maximum Gasteiger partial charge on any atom is 0.213 e. The second kappa shape index (κ2) is 6.87. The third-order valence-corrected chi connectivity index (χ3v) is 3.37. The highest BCUT2D eigenvalue weighted by Crippen LogP contribution is 2.22. The average Bonchev–Trinajstić information content (AvgIpc) is 2.61. The van der Waals surface area contributed by atoms with E-state index in [1.165, 1.54) is 0 Å². The molecule has 1 atom stereocenters. The van der Waals surface area contributed by atoms with Crippen LogP contribution in [0, 0.1) is 0 Å². The Balaban J connectivity index is 1.72. The van der Waals surface area contributed by atoms with Crippen LogP contribution in [-0.4, -0.2) is 10.1 Å². The van der Waals surface area contributed by atoms with E-state index in [1.54, 1.807) is 12.1 Å². The monoisotopic (exact) mass is 291 g/mol. The number of hydrogen-bond acceptors (Lipinski definition) is 3. The predicted octanol–water partition coefficient (Wildman–Crippen LogP) is 3.74. The lowest BCUT2D eigenvalue weighted by Gasteiger charge is -2.12. The van der Waals surface area contributed by atoms with Crippen molar-refractivity contribution in [2.24, 2.45) is 0 Å². The molecule has 3 aromatic rings. The quantitative estimate of drug-likeness (QED) is 0.778. The van der Waals surface area contributed by atoms with E-state index in [1.807, 2.05) is 66.7 Å². The van der Waals surface area contributed by atoms with Gasteiger partial charge in [-0.3, -0.25) is 0 Å². The first-order valence-electron chi connectivity index (χ1n) is 7.19. The van der Waals surface area contributed by atoms with Crippen molar-refractivity contribution < 1.29 is 9.84 Å². The molecule has 1 aromatic heterocycles. The number of aromatic nitrogens is 1. The number of aliphatic hydroxyl groups is 1. The Morgan fingerprint density at radius 3 is 2.23 bits per heavy atom. The number of aliphatic hydroxyl groups excluding tert-OH is 1. The third kappa shape index (κ3) is 3.51. The number of ether oxygens (including phenoxy) is 1. The molecule has 3 nitrogen and oxygen atoms in total. The molecule has 0 aliphatic carbocycles. The van der Waals surface area contributed by atoms with E-state index < -0.39 is 6.10 Å². The number of nitrogens with zero attached hydrogens (tertiary/aromatic N) is 1. The average molecular weight is 291 g/mol. The summed E-state index contributed by atoms with van der Waals surface area (Å²) >= 11 is 0. The van der Waals surface area contributed by atoms with Crippen molar-refractivity contribution in [2.45, 2.75) is 12.7 Å². The zero-order chi connectivity index (χ0) is 15.2. The van der Waals surface area contributed by atoms with Gasteiger partial charge in [0.15, 0.2) is 0 Å². The van der Waals surface area contributed by atoms with E-state index in [2.05, 4.69) is 4.98 Å². The van der Waals surface area contributed by atoms with Crippen LogP contribution < -0.4 is 4.74 Å². The van der Waals surface area contributed by atoms with Gasteiger partial charge in [0, 0.05) is 6.07 Å². The summed E-state index contributed by atoms with van der Waals surface area (Å²) in [6, 6.07) is 24.8. The molecule has 1 N–H and O–H groups in total. The van der Waals surface area contributed by atoms with Crippen LogP contribution in [0.25, 0.3) is 0 Å². The summed E-state index contributed by atoms with van der Waals surface area (Å²) in [7, 11) is 0. The predicted molar refractivity (Wildman–Crippen MR) is 85.5 cm³/mol. The Morgan fingerprint density at radius 1 is 0.818 bits per heavy atom. The van der Waals surface area contributed by atoms with E-state index in [9.17, 15) is 5.11 Å². The molecule has 0 aliphatic rings. The molecule has 0 unspecified atom stereocenters. The Hall–Kier alpha value is -2.65. The number of hydrogen-bond donors (Lipinski definition) is 1. The molecule has 0 saturated heterocycles. The molecule has 0 radical (unpaired) electrons. The second-order valence-corrected chi connectivity index (χ2v) is 4.99. The van der Waals surface area contributed by atoms with Crippen LogP contribution in [0.15, 0.2) is 78.9 Å². The van der Waals surface area contributed by atoms with Gasteiger partial charge in [-0.1, -0.05) is 66.7 Å². The first-order chi connectivity index (χ1) is 10.8. The first kappa shape index (κ1) is 14.3. The fourth-order valence-corrected chi connectivity index (χ4v) is 2.20. The minimum absolute atomic E-state index is 0.457. The molecular weight excluding hydrogens is 274 g/mol. The van der Waals surface area contributed by atoms with E-state index >= 15 is 0 Å². The molecule has 0 saturated carbocycles. The molecule has 110 valence electrons. The van der Waals surface area contributed by atoms with Crippen molar-refractivity contribution in [1.82, 2.24) is 4.98 Å². The summed E-state index contributed by atoms with van der Waals surface area (Å²) in [6.07, 6.45) is -0.749. The highest BCUT2D eigenvalue weighted by molar-refractivity contribution is 5.27. The molecule has 0 bridgehead atoms. The number of benzene rings is 2. The molecule has 0 spiro atoms. The van der Waals surface area contributed by atoms with Gasteiger partial charge in [0.25, 0.3) is 0 Å².